The van der Waals surface area contributed by atoms with Crippen molar-refractivity contribution in [2.24, 2.45) is 0 Å². The molecule has 0 radical (unpaired) electrons. The fraction of sp³-hybridized carbons (Fsp3) is 0.130. The summed E-state index contributed by atoms with van der Waals surface area (Å²) in [5.74, 6) is 0.492. The molecule has 0 heterocycles. The first-order valence-electron chi connectivity index (χ1n) is 9.07. The number of esters is 1. The van der Waals surface area contributed by atoms with Gasteiger partial charge in [-0.05, 0) is 67.1 Å². The van der Waals surface area contributed by atoms with E-state index in [0.29, 0.717) is 29.2 Å². The molecule has 3 rings (SSSR count). The normalized spacial score (nSPS) is 10.2. The summed E-state index contributed by atoms with van der Waals surface area (Å²) in [5.41, 5.74) is 1.62. The van der Waals surface area contributed by atoms with E-state index in [1.807, 2.05) is 13.0 Å². The van der Waals surface area contributed by atoms with Gasteiger partial charge < -0.3 is 14.8 Å². The van der Waals surface area contributed by atoms with Gasteiger partial charge in [-0.1, -0.05) is 25.1 Å². The highest BCUT2D eigenvalue weighted by Gasteiger charge is 2.09. The minimum atomic E-state index is -0.428. The van der Waals surface area contributed by atoms with E-state index in [2.05, 4.69) is 5.32 Å². The quantitative estimate of drug-likeness (QED) is 0.469. The van der Waals surface area contributed by atoms with E-state index >= 15 is 0 Å². The third kappa shape index (κ3) is 5.20. The number of hydrogen-bond acceptors (Lipinski definition) is 4. The van der Waals surface area contributed by atoms with Crippen LogP contribution in [0.5, 0.6) is 11.5 Å². The molecule has 3 aromatic carbocycles. The summed E-state index contributed by atoms with van der Waals surface area (Å²) in [6, 6.07) is 22.4. The Hall–Kier alpha value is -3.60. The highest BCUT2D eigenvalue weighted by Crippen LogP contribution is 2.19. The first-order chi connectivity index (χ1) is 13.7. The minimum Gasteiger partial charge on any atom is -0.494 e. The van der Waals surface area contributed by atoms with Gasteiger partial charge in [0.25, 0.3) is 5.91 Å². The lowest BCUT2D eigenvalue weighted by molar-refractivity contribution is 0.0734. The summed E-state index contributed by atoms with van der Waals surface area (Å²) in [4.78, 5) is 24.4. The third-order valence-electron chi connectivity index (χ3n) is 3.92. The van der Waals surface area contributed by atoms with Crippen LogP contribution in [-0.4, -0.2) is 18.5 Å². The van der Waals surface area contributed by atoms with Gasteiger partial charge in [-0.25, -0.2) is 4.79 Å². The molecule has 0 saturated carbocycles. The number of anilines is 1. The van der Waals surface area contributed by atoms with Gasteiger partial charge in [0, 0.05) is 11.3 Å². The topological polar surface area (TPSA) is 64.6 Å². The van der Waals surface area contributed by atoms with Crippen LogP contribution in [0.1, 0.15) is 34.1 Å². The maximum atomic E-state index is 12.3. The number of amides is 1. The molecule has 0 aromatic heterocycles. The van der Waals surface area contributed by atoms with Gasteiger partial charge in [-0.2, -0.15) is 0 Å². The Bertz CT molecular complexity index is 919. The monoisotopic (exact) mass is 375 g/mol. The van der Waals surface area contributed by atoms with E-state index in [0.717, 1.165) is 12.2 Å². The summed E-state index contributed by atoms with van der Waals surface area (Å²) in [6.07, 6.45) is 0.929. The van der Waals surface area contributed by atoms with Crippen molar-refractivity contribution in [3.63, 3.8) is 0 Å². The molecule has 1 N–H and O–H groups in total. The summed E-state index contributed by atoms with van der Waals surface area (Å²) in [7, 11) is 0. The third-order valence-corrected chi connectivity index (χ3v) is 3.92. The largest absolute Gasteiger partial charge is 0.494 e. The van der Waals surface area contributed by atoms with Crippen LogP contribution >= 0.6 is 0 Å². The Labute approximate surface area is 163 Å². The minimum absolute atomic E-state index is 0.226. The van der Waals surface area contributed by atoms with E-state index in [4.69, 9.17) is 9.47 Å². The van der Waals surface area contributed by atoms with Crippen molar-refractivity contribution in [1.29, 1.82) is 0 Å². The van der Waals surface area contributed by atoms with Gasteiger partial charge >= 0.3 is 5.97 Å². The van der Waals surface area contributed by atoms with Crippen LogP contribution in [0.15, 0.2) is 78.9 Å². The van der Waals surface area contributed by atoms with Crippen LogP contribution < -0.4 is 14.8 Å². The Balaban J connectivity index is 1.57. The van der Waals surface area contributed by atoms with Gasteiger partial charge in [0.15, 0.2) is 0 Å². The van der Waals surface area contributed by atoms with Gasteiger partial charge in [0.1, 0.15) is 11.5 Å². The average Bonchev–Trinajstić information content (AvgIpc) is 2.74. The SMILES string of the molecule is CCCOc1ccc(C(=O)Nc2ccc(OC(=O)c3ccccc3)cc2)cc1. The molecule has 0 bridgehead atoms. The number of benzene rings is 3. The van der Waals surface area contributed by atoms with E-state index in [1.54, 1.807) is 72.8 Å². The molecule has 0 saturated heterocycles. The molecule has 0 aliphatic heterocycles. The molecule has 0 atom stereocenters. The highest BCUT2D eigenvalue weighted by atomic mass is 16.5. The maximum absolute atomic E-state index is 12.3. The van der Waals surface area contributed by atoms with Crippen LogP contribution in [0, 0.1) is 0 Å². The number of rotatable bonds is 7. The van der Waals surface area contributed by atoms with E-state index in [1.165, 1.54) is 0 Å². The molecule has 0 spiro atoms. The summed E-state index contributed by atoms with van der Waals surface area (Å²) >= 11 is 0. The molecule has 28 heavy (non-hydrogen) atoms. The second kappa shape index (κ2) is 9.37. The van der Waals surface area contributed by atoms with Gasteiger partial charge in [0.2, 0.25) is 0 Å². The summed E-state index contributed by atoms with van der Waals surface area (Å²) in [6.45, 7) is 2.68. The smallest absolute Gasteiger partial charge is 0.343 e. The van der Waals surface area contributed by atoms with Crippen molar-refractivity contribution in [1.82, 2.24) is 0 Å². The van der Waals surface area contributed by atoms with Crippen molar-refractivity contribution in [3.8, 4) is 11.5 Å². The Morgan fingerprint density at radius 2 is 1.43 bits per heavy atom. The number of nitrogens with one attached hydrogen (secondary N) is 1. The highest BCUT2D eigenvalue weighted by molar-refractivity contribution is 6.04. The molecule has 0 aliphatic rings. The molecular weight excluding hydrogens is 354 g/mol. The number of ether oxygens (including phenoxy) is 2. The fourth-order valence-electron chi connectivity index (χ4n) is 2.47. The average molecular weight is 375 g/mol. The van der Waals surface area contributed by atoms with Crippen LogP contribution in [0.2, 0.25) is 0 Å². The van der Waals surface area contributed by atoms with Gasteiger partial charge in [0.05, 0.1) is 12.2 Å². The maximum Gasteiger partial charge on any atom is 0.343 e. The zero-order chi connectivity index (χ0) is 19.8. The van der Waals surface area contributed by atoms with E-state index in [9.17, 15) is 9.59 Å². The molecule has 0 aliphatic carbocycles. The predicted octanol–water partition coefficient (Wildman–Crippen LogP) is 4.95. The van der Waals surface area contributed by atoms with Crippen molar-refractivity contribution in [3.05, 3.63) is 90.0 Å². The zero-order valence-corrected chi connectivity index (χ0v) is 15.6. The first kappa shape index (κ1) is 19.2. The Morgan fingerprint density at radius 1 is 0.786 bits per heavy atom. The number of carbonyl (C=O) groups is 2. The Kier molecular flexibility index (Phi) is 6.41. The van der Waals surface area contributed by atoms with Crippen molar-refractivity contribution in [2.45, 2.75) is 13.3 Å². The summed E-state index contributed by atoms with van der Waals surface area (Å²) < 4.78 is 10.8. The van der Waals surface area contributed by atoms with E-state index < -0.39 is 5.97 Å². The summed E-state index contributed by atoms with van der Waals surface area (Å²) in [5, 5.41) is 2.81. The van der Waals surface area contributed by atoms with Crippen molar-refractivity contribution >= 4 is 17.6 Å². The lowest BCUT2D eigenvalue weighted by atomic mass is 10.2. The lowest BCUT2D eigenvalue weighted by Crippen LogP contribution is -2.12. The zero-order valence-electron chi connectivity index (χ0n) is 15.6. The van der Waals surface area contributed by atoms with Crippen LogP contribution in [0.4, 0.5) is 5.69 Å². The predicted molar refractivity (Wildman–Crippen MR) is 108 cm³/mol. The lowest BCUT2D eigenvalue weighted by Gasteiger charge is -2.08. The van der Waals surface area contributed by atoms with Crippen LogP contribution in [-0.2, 0) is 0 Å². The standard InChI is InChI=1S/C23H21NO4/c1-2-16-27-20-12-8-17(9-13-20)22(25)24-19-10-14-21(15-11-19)28-23(26)18-6-4-3-5-7-18/h3-15H,2,16H2,1H3,(H,24,25). The Morgan fingerprint density at radius 3 is 2.07 bits per heavy atom. The molecule has 0 unspecified atom stereocenters. The van der Waals surface area contributed by atoms with Crippen molar-refractivity contribution in [2.75, 3.05) is 11.9 Å². The molecule has 0 fully saturated rings. The fourth-order valence-corrected chi connectivity index (χ4v) is 2.47. The van der Waals surface area contributed by atoms with E-state index in [-0.39, 0.29) is 5.91 Å². The molecule has 5 heteroatoms. The molecule has 142 valence electrons. The van der Waals surface area contributed by atoms with Crippen LogP contribution in [0.25, 0.3) is 0 Å². The first-order valence-corrected chi connectivity index (χ1v) is 9.07. The molecular formula is C23H21NO4. The molecule has 3 aromatic rings. The molecule has 1 amide bonds. The second-order valence-corrected chi connectivity index (χ2v) is 6.11. The van der Waals surface area contributed by atoms with Crippen molar-refractivity contribution < 1.29 is 19.1 Å². The van der Waals surface area contributed by atoms with Gasteiger partial charge in [-0.15, -0.1) is 0 Å². The molecule has 5 nitrogen and oxygen atoms in total. The van der Waals surface area contributed by atoms with Gasteiger partial charge in [-0.3, -0.25) is 4.79 Å². The number of carbonyl (C=O) groups excluding carboxylic acids is 2. The second-order valence-electron chi connectivity index (χ2n) is 6.11. The number of hydrogen-bond donors (Lipinski definition) is 1. The van der Waals surface area contributed by atoms with Crippen LogP contribution in [0.3, 0.4) is 0 Å².